The van der Waals surface area contributed by atoms with Gasteiger partial charge >= 0.3 is 0 Å². The van der Waals surface area contributed by atoms with Crippen LogP contribution in [-0.2, 0) is 12.8 Å². The lowest BCUT2D eigenvalue weighted by Gasteiger charge is -2.45. The van der Waals surface area contributed by atoms with E-state index in [1.54, 1.807) is 16.7 Å². The Bertz CT molecular complexity index is 767. The van der Waals surface area contributed by atoms with E-state index in [2.05, 4.69) is 54.5 Å². The average Bonchev–Trinajstić information content (AvgIpc) is 3.31. The Kier molecular flexibility index (Phi) is 6.96. The van der Waals surface area contributed by atoms with Gasteiger partial charge in [-0.1, -0.05) is 79.7 Å². The molecule has 1 aromatic rings. The minimum Gasteiger partial charge on any atom is -0.0651 e. The molecule has 0 aromatic heterocycles. The van der Waals surface area contributed by atoms with Gasteiger partial charge < -0.3 is 0 Å². The SMILES string of the molecule is CCC(CC)C1CCc2c3c(cc(C)c21)C1CC[C@H](C(C)CCCC(C)C)[C@@]1(C)CC3. The first-order valence-electron chi connectivity index (χ1n) is 14.0. The molecule has 3 unspecified atom stereocenters. The highest BCUT2D eigenvalue weighted by Gasteiger charge is 2.51. The number of aryl methyl sites for hydroxylation is 1. The van der Waals surface area contributed by atoms with E-state index in [-0.39, 0.29) is 0 Å². The second-order valence-electron chi connectivity index (χ2n) is 12.4. The van der Waals surface area contributed by atoms with E-state index in [1.165, 1.54) is 70.6 Å². The molecule has 0 heterocycles. The zero-order chi connectivity index (χ0) is 22.3. The number of fused-ring (bicyclic) bond motifs is 5. The van der Waals surface area contributed by atoms with Crippen molar-refractivity contribution in [3.05, 3.63) is 33.9 Å². The number of rotatable bonds is 8. The summed E-state index contributed by atoms with van der Waals surface area (Å²) in [6.45, 7) is 17.3. The van der Waals surface area contributed by atoms with Crippen LogP contribution < -0.4 is 0 Å². The molecule has 0 bridgehead atoms. The van der Waals surface area contributed by atoms with Crippen LogP contribution in [0.1, 0.15) is 139 Å². The van der Waals surface area contributed by atoms with Crippen molar-refractivity contribution >= 4 is 0 Å². The average molecular weight is 423 g/mol. The molecule has 5 atom stereocenters. The maximum Gasteiger partial charge on any atom is -0.0102 e. The van der Waals surface area contributed by atoms with Gasteiger partial charge in [-0.3, -0.25) is 0 Å². The van der Waals surface area contributed by atoms with Crippen LogP contribution in [0.3, 0.4) is 0 Å². The molecule has 1 aromatic carbocycles. The Morgan fingerprint density at radius 2 is 1.71 bits per heavy atom. The van der Waals surface area contributed by atoms with Gasteiger partial charge in [-0.15, -0.1) is 0 Å². The molecule has 0 nitrogen and oxygen atoms in total. The maximum absolute atomic E-state index is 2.70. The monoisotopic (exact) mass is 422 g/mol. The zero-order valence-electron chi connectivity index (χ0n) is 21.8. The first-order valence-corrected chi connectivity index (χ1v) is 14.0. The van der Waals surface area contributed by atoms with Gasteiger partial charge in [0.2, 0.25) is 0 Å². The van der Waals surface area contributed by atoms with Crippen LogP contribution in [0.25, 0.3) is 0 Å². The van der Waals surface area contributed by atoms with Gasteiger partial charge in [0.15, 0.2) is 0 Å². The molecular weight excluding hydrogens is 372 g/mol. The van der Waals surface area contributed by atoms with Crippen molar-refractivity contribution in [2.45, 2.75) is 131 Å². The summed E-state index contributed by atoms with van der Waals surface area (Å²) in [4.78, 5) is 0. The third kappa shape index (κ3) is 4.04. The van der Waals surface area contributed by atoms with E-state index in [0.717, 1.165) is 35.5 Å². The molecule has 0 radical (unpaired) electrons. The number of benzene rings is 1. The van der Waals surface area contributed by atoms with Crippen molar-refractivity contribution in [1.82, 2.24) is 0 Å². The summed E-state index contributed by atoms with van der Waals surface area (Å²) in [6, 6.07) is 2.70. The van der Waals surface area contributed by atoms with Gasteiger partial charge in [-0.2, -0.15) is 0 Å². The fourth-order valence-corrected chi connectivity index (χ4v) is 8.67. The van der Waals surface area contributed by atoms with Gasteiger partial charge in [0, 0.05) is 0 Å². The lowest BCUT2D eigenvalue weighted by Crippen LogP contribution is -2.35. The molecule has 4 rings (SSSR count). The van der Waals surface area contributed by atoms with Crippen molar-refractivity contribution in [2.24, 2.45) is 29.1 Å². The molecule has 174 valence electrons. The van der Waals surface area contributed by atoms with E-state index in [0.29, 0.717) is 5.41 Å². The Hall–Kier alpha value is -0.780. The van der Waals surface area contributed by atoms with Gasteiger partial charge in [0.1, 0.15) is 0 Å². The summed E-state index contributed by atoms with van der Waals surface area (Å²) in [5.41, 5.74) is 9.42. The second-order valence-corrected chi connectivity index (χ2v) is 12.4. The highest BCUT2D eigenvalue weighted by Crippen LogP contribution is 2.62. The van der Waals surface area contributed by atoms with Crippen LogP contribution in [0.5, 0.6) is 0 Å². The van der Waals surface area contributed by atoms with Crippen LogP contribution in [-0.4, -0.2) is 0 Å². The molecule has 1 saturated carbocycles. The van der Waals surface area contributed by atoms with Gasteiger partial charge in [0.05, 0.1) is 0 Å². The molecule has 0 saturated heterocycles. The molecule has 0 spiro atoms. The van der Waals surface area contributed by atoms with Crippen LogP contribution in [0.15, 0.2) is 6.07 Å². The third-order valence-corrected chi connectivity index (χ3v) is 10.4. The van der Waals surface area contributed by atoms with Crippen molar-refractivity contribution in [3.63, 3.8) is 0 Å². The minimum absolute atomic E-state index is 0.540. The predicted octanol–water partition coefficient (Wildman–Crippen LogP) is 9.37. The predicted molar refractivity (Wildman–Crippen MR) is 136 cm³/mol. The fraction of sp³-hybridized carbons (Fsp3) is 0.806. The van der Waals surface area contributed by atoms with Gasteiger partial charge in [0.25, 0.3) is 0 Å². The molecule has 0 N–H and O–H groups in total. The standard InChI is InChI=1S/C31H50/c1-8-23(9-2)24-13-14-26-25-17-18-31(7)28(21(5)12-10-11-20(3)4)15-16-29(31)27(25)19-22(6)30(24)26/h19-21,23-24,28-29H,8-18H2,1-7H3/t21?,24?,28-,29?,31-/m1/s1. The Balaban J connectivity index is 1.60. The van der Waals surface area contributed by atoms with Crippen LogP contribution in [0.4, 0.5) is 0 Å². The first-order chi connectivity index (χ1) is 14.8. The number of hydrogen-bond acceptors (Lipinski definition) is 0. The summed E-state index contributed by atoms with van der Waals surface area (Å²) in [6.07, 6.45) is 15.4. The van der Waals surface area contributed by atoms with Crippen molar-refractivity contribution in [2.75, 3.05) is 0 Å². The molecule has 0 aliphatic heterocycles. The third-order valence-electron chi connectivity index (χ3n) is 10.4. The first kappa shape index (κ1) is 23.4. The summed E-state index contributed by atoms with van der Waals surface area (Å²) in [5.74, 6) is 5.23. The van der Waals surface area contributed by atoms with E-state index < -0.39 is 0 Å². The van der Waals surface area contributed by atoms with Gasteiger partial charge in [-0.25, -0.2) is 0 Å². The van der Waals surface area contributed by atoms with Crippen LogP contribution in [0.2, 0.25) is 0 Å². The molecule has 3 aliphatic rings. The number of hydrogen-bond donors (Lipinski definition) is 0. The summed E-state index contributed by atoms with van der Waals surface area (Å²) in [5, 5.41) is 0. The van der Waals surface area contributed by atoms with E-state index in [4.69, 9.17) is 0 Å². The molecule has 1 fully saturated rings. The zero-order valence-corrected chi connectivity index (χ0v) is 21.8. The Morgan fingerprint density at radius 3 is 2.39 bits per heavy atom. The highest BCUT2D eigenvalue weighted by atomic mass is 14.6. The molecule has 0 amide bonds. The Morgan fingerprint density at radius 1 is 0.968 bits per heavy atom. The van der Waals surface area contributed by atoms with Crippen LogP contribution >= 0.6 is 0 Å². The second kappa shape index (κ2) is 9.23. The van der Waals surface area contributed by atoms with Crippen molar-refractivity contribution < 1.29 is 0 Å². The van der Waals surface area contributed by atoms with Crippen molar-refractivity contribution in [3.8, 4) is 0 Å². The fourth-order valence-electron chi connectivity index (χ4n) is 8.67. The topological polar surface area (TPSA) is 0 Å². The Labute approximate surface area is 194 Å². The lowest BCUT2D eigenvalue weighted by atomic mass is 9.60. The van der Waals surface area contributed by atoms with E-state index in [9.17, 15) is 0 Å². The van der Waals surface area contributed by atoms with E-state index in [1.807, 2.05) is 11.1 Å². The maximum atomic E-state index is 2.70. The van der Waals surface area contributed by atoms with Gasteiger partial charge in [-0.05, 0) is 114 Å². The van der Waals surface area contributed by atoms with Crippen LogP contribution in [0, 0.1) is 36.0 Å². The normalized spacial score (nSPS) is 30.5. The molecule has 0 heteroatoms. The molecular formula is C31H50. The molecule has 31 heavy (non-hydrogen) atoms. The minimum atomic E-state index is 0.540. The summed E-state index contributed by atoms with van der Waals surface area (Å²) >= 11 is 0. The lowest BCUT2D eigenvalue weighted by molar-refractivity contribution is 0.118. The summed E-state index contributed by atoms with van der Waals surface area (Å²) < 4.78 is 0. The summed E-state index contributed by atoms with van der Waals surface area (Å²) in [7, 11) is 0. The molecule has 3 aliphatic carbocycles. The smallest absolute Gasteiger partial charge is 0.0102 e. The van der Waals surface area contributed by atoms with E-state index >= 15 is 0 Å². The van der Waals surface area contributed by atoms with Crippen molar-refractivity contribution in [1.29, 1.82) is 0 Å². The largest absolute Gasteiger partial charge is 0.0651 e. The highest BCUT2D eigenvalue weighted by molar-refractivity contribution is 5.53. The quantitative estimate of drug-likeness (QED) is 0.391.